The minimum Gasteiger partial charge on any atom is -0.482 e. The lowest BCUT2D eigenvalue weighted by Crippen LogP contribution is -2.27. The molecule has 0 aromatic heterocycles. The molecule has 0 aliphatic heterocycles. The summed E-state index contributed by atoms with van der Waals surface area (Å²) in [5.74, 6) is -1.55. The maximum Gasteiger partial charge on any atom is 0.344 e. The molecular formula is C17H20N2O4. The summed E-state index contributed by atoms with van der Waals surface area (Å²) in [7, 11) is 0. The van der Waals surface area contributed by atoms with Crippen LogP contribution < -0.4 is 4.74 Å². The Kier molecular flexibility index (Phi) is 6.94. The number of Topliss-reactive ketones (excluding diaryl/α,β-unsaturated/α-hetero) is 1. The molecule has 0 aliphatic carbocycles. The largest absolute Gasteiger partial charge is 0.482 e. The van der Waals surface area contributed by atoms with Crippen molar-refractivity contribution in [3.63, 3.8) is 0 Å². The second kappa shape index (κ2) is 8.69. The molecule has 1 aromatic rings. The van der Waals surface area contributed by atoms with Crippen LogP contribution in [-0.2, 0) is 14.3 Å². The number of ketones is 1. The van der Waals surface area contributed by atoms with Crippen molar-refractivity contribution in [2.75, 3.05) is 13.2 Å². The molecule has 0 radical (unpaired) electrons. The van der Waals surface area contributed by atoms with E-state index in [1.165, 1.54) is 6.92 Å². The zero-order valence-electron chi connectivity index (χ0n) is 13.5. The van der Waals surface area contributed by atoms with Gasteiger partial charge in [0.15, 0.2) is 19.0 Å². The molecule has 6 nitrogen and oxygen atoms in total. The van der Waals surface area contributed by atoms with Gasteiger partial charge in [-0.1, -0.05) is 26.0 Å². The number of hydrogen-bond donors (Lipinski definition) is 1. The van der Waals surface area contributed by atoms with E-state index < -0.39 is 24.3 Å². The van der Waals surface area contributed by atoms with Gasteiger partial charge in [-0.2, -0.15) is 5.26 Å². The van der Waals surface area contributed by atoms with Crippen molar-refractivity contribution in [2.45, 2.75) is 26.7 Å². The van der Waals surface area contributed by atoms with Gasteiger partial charge in [-0.05, 0) is 30.5 Å². The number of nitriles is 1. The third-order valence-electron chi connectivity index (χ3n) is 3.16. The molecule has 1 N–H and O–H groups in total. The van der Waals surface area contributed by atoms with Crippen molar-refractivity contribution >= 4 is 17.5 Å². The summed E-state index contributed by atoms with van der Waals surface area (Å²) in [4.78, 5) is 23.2. The van der Waals surface area contributed by atoms with Gasteiger partial charge in [0.2, 0.25) is 0 Å². The highest BCUT2D eigenvalue weighted by Gasteiger charge is 2.21. The maximum atomic E-state index is 11.6. The summed E-state index contributed by atoms with van der Waals surface area (Å²) in [6.07, 6.45) is 0. The summed E-state index contributed by atoms with van der Waals surface area (Å²) in [6, 6.07) is 9.06. The van der Waals surface area contributed by atoms with Gasteiger partial charge in [0.1, 0.15) is 11.7 Å². The van der Waals surface area contributed by atoms with E-state index in [2.05, 4.69) is 13.8 Å². The highest BCUT2D eigenvalue weighted by atomic mass is 16.6. The van der Waals surface area contributed by atoms with Crippen LogP contribution in [0.4, 0.5) is 0 Å². The molecule has 0 fully saturated rings. The van der Waals surface area contributed by atoms with E-state index in [0.29, 0.717) is 11.7 Å². The van der Waals surface area contributed by atoms with Crippen LogP contribution in [0.2, 0.25) is 0 Å². The van der Waals surface area contributed by atoms with Gasteiger partial charge in [-0.3, -0.25) is 4.79 Å². The number of benzene rings is 1. The molecule has 0 saturated carbocycles. The topological polar surface area (TPSA) is 100 Å². The van der Waals surface area contributed by atoms with Gasteiger partial charge in [0, 0.05) is 5.71 Å². The van der Waals surface area contributed by atoms with Crippen molar-refractivity contribution in [3.8, 4) is 11.8 Å². The summed E-state index contributed by atoms with van der Waals surface area (Å²) < 4.78 is 10.0. The third kappa shape index (κ3) is 5.91. The molecule has 0 amide bonds. The molecule has 0 aliphatic rings. The van der Waals surface area contributed by atoms with Crippen LogP contribution in [0, 0.1) is 22.7 Å². The molecule has 1 aromatic carbocycles. The SMILES string of the molecule is CC(=N)[C@H](C#N)C(=O)COC(=O)COc1ccc(C(C)C)cc1. The summed E-state index contributed by atoms with van der Waals surface area (Å²) >= 11 is 0. The number of carbonyl (C=O) groups excluding carboxylic acids is 2. The standard InChI is InChI=1S/C17H20N2O4/c1-11(2)13-4-6-14(7-5-13)22-10-17(21)23-9-16(20)15(8-18)12(3)19/h4-7,11,15,19H,9-10H2,1-3H3/t15-/m0/s1. The predicted molar refractivity (Wildman–Crippen MR) is 84.5 cm³/mol. The fourth-order valence-corrected chi connectivity index (χ4v) is 1.78. The van der Waals surface area contributed by atoms with Gasteiger partial charge in [-0.25, -0.2) is 4.79 Å². The van der Waals surface area contributed by atoms with E-state index >= 15 is 0 Å². The fourth-order valence-electron chi connectivity index (χ4n) is 1.78. The zero-order valence-corrected chi connectivity index (χ0v) is 13.5. The first-order valence-corrected chi connectivity index (χ1v) is 7.21. The van der Waals surface area contributed by atoms with Crippen molar-refractivity contribution in [3.05, 3.63) is 29.8 Å². The molecule has 23 heavy (non-hydrogen) atoms. The van der Waals surface area contributed by atoms with E-state index in [0.717, 1.165) is 5.56 Å². The Morgan fingerprint density at radius 1 is 1.22 bits per heavy atom. The maximum absolute atomic E-state index is 11.6. The van der Waals surface area contributed by atoms with Crippen LogP contribution in [0.1, 0.15) is 32.3 Å². The van der Waals surface area contributed by atoms with Crippen molar-refractivity contribution in [1.82, 2.24) is 0 Å². The van der Waals surface area contributed by atoms with Crippen LogP contribution >= 0.6 is 0 Å². The summed E-state index contributed by atoms with van der Waals surface area (Å²) in [6.45, 7) is 4.65. The van der Waals surface area contributed by atoms with Crippen LogP contribution in [0.5, 0.6) is 5.75 Å². The quantitative estimate of drug-likeness (QED) is 0.586. The summed E-state index contributed by atoms with van der Waals surface area (Å²) in [5, 5.41) is 16.1. The van der Waals surface area contributed by atoms with E-state index in [9.17, 15) is 9.59 Å². The molecule has 0 saturated heterocycles. The van der Waals surface area contributed by atoms with E-state index in [-0.39, 0.29) is 12.3 Å². The second-order valence-electron chi connectivity index (χ2n) is 5.38. The van der Waals surface area contributed by atoms with Crippen molar-refractivity contribution in [1.29, 1.82) is 10.7 Å². The van der Waals surface area contributed by atoms with Crippen molar-refractivity contribution in [2.24, 2.45) is 5.92 Å². The first-order valence-electron chi connectivity index (χ1n) is 7.21. The molecule has 122 valence electrons. The monoisotopic (exact) mass is 316 g/mol. The zero-order chi connectivity index (χ0) is 17.4. The fraction of sp³-hybridized carbons (Fsp3) is 0.412. The lowest BCUT2D eigenvalue weighted by atomic mass is 10.0. The normalized spacial score (nSPS) is 11.4. The highest BCUT2D eigenvalue weighted by Crippen LogP contribution is 2.18. The molecule has 6 heteroatoms. The number of nitrogens with one attached hydrogen (secondary N) is 1. The van der Waals surface area contributed by atoms with Crippen LogP contribution in [0.3, 0.4) is 0 Å². The number of hydrogen-bond acceptors (Lipinski definition) is 6. The Balaban J connectivity index is 2.41. The van der Waals surface area contributed by atoms with E-state index in [1.807, 2.05) is 12.1 Å². The summed E-state index contributed by atoms with van der Waals surface area (Å²) in [5.41, 5.74) is 1.09. The smallest absolute Gasteiger partial charge is 0.344 e. The number of ether oxygens (including phenoxy) is 2. The first kappa shape index (κ1) is 18.4. The molecule has 0 heterocycles. The Morgan fingerprint density at radius 2 is 1.83 bits per heavy atom. The minimum atomic E-state index is -1.17. The molecular weight excluding hydrogens is 296 g/mol. The van der Waals surface area contributed by atoms with Gasteiger partial charge >= 0.3 is 5.97 Å². The number of esters is 1. The Morgan fingerprint density at radius 3 is 2.30 bits per heavy atom. The molecule has 0 spiro atoms. The van der Waals surface area contributed by atoms with Gasteiger partial charge in [0.05, 0.1) is 6.07 Å². The van der Waals surface area contributed by atoms with Crippen LogP contribution in [0.15, 0.2) is 24.3 Å². The predicted octanol–water partition coefficient (Wildman–Crippen LogP) is 2.48. The molecule has 0 bridgehead atoms. The number of nitrogens with zero attached hydrogens (tertiary/aromatic N) is 1. The van der Waals surface area contributed by atoms with Gasteiger partial charge < -0.3 is 14.9 Å². The lowest BCUT2D eigenvalue weighted by Gasteiger charge is -2.10. The van der Waals surface area contributed by atoms with Gasteiger partial charge in [0.25, 0.3) is 0 Å². The Hall–Kier alpha value is -2.68. The lowest BCUT2D eigenvalue weighted by molar-refractivity contribution is -0.150. The molecule has 1 atom stereocenters. The third-order valence-corrected chi connectivity index (χ3v) is 3.16. The van der Waals surface area contributed by atoms with E-state index in [4.69, 9.17) is 20.1 Å². The minimum absolute atomic E-state index is 0.0740. The van der Waals surface area contributed by atoms with Crippen LogP contribution in [0.25, 0.3) is 0 Å². The highest BCUT2D eigenvalue weighted by molar-refractivity contribution is 6.06. The molecule has 0 unspecified atom stereocenters. The Bertz CT molecular complexity index is 614. The van der Waals surface area contributed by atoms with Crippen molar-refractivity contribution < 1.29 is 19.1 Å². The number of carbonyl (C=O) groups is 2. The average Bonchev–Trinajstić information content (AvgIpc) is 2.51. The van der Waals surface area contributed by atoms with Gasteiger partial charge in [-0.15, -0.1) is 0 Å². The first-order chi connectivity index (χ1) is 10.8. The Labute approximate surface area is 135 Å². The van der Waals surface area contributed by atoms with Crippen LogP contribution in [-0.4, -0.2) is 30.7 Å². The average molecular weight is 316 g/mol. The van der Waals surface area contributed by atoms with E-state index in [1.54, 1.807) is 18.2 Å². The molecule has 1 rings (SSSR count). The number of rotatable bonds is 8. The second-order valence-corrected chi connectivity index (χ2v) is 5.38.